The summed E-state index contributed by atoms with van der Waals surface area (Å²) in [5.41, 5.74) is 4.63. The lowest BCUT2D eigenvalue weighted by atomic mass is 9.95. The van der Waals surface area contributed by atoms with Crippen LogP contribution >= 0.6 is 0 Å². The van der Waals surface area contributed by atoms with Gasteiger partial charge in [0.2, 0.25) is 0 Å². The van der Waals surface area contributed by atoms with Crippen molar-refractivity contribution in [2.75, 3.05) is 0 Å². The predicted molar refractivity (Wildman–Crippen MR) is 98.6 cm³/mol. The largest absolute Gasteiger partial charge is 0.0856 e. The average molecular weight is 291 g/mol. The summed E-state index contributed by atoms with van der Waals surface area (Å²) >= 11 is 0. The standard InChI is InChI=1S/C21H38/c1-17(2)10-8-11-20(7)12-9-13-21(16-19(5)6)15-14-18(3)4/h10,12,15,18-19H,8-9,11,13-14,16H2,1-7H3/b20-12+,21-15-. The van der Waals surface area contributed by atoms with Crippen LogP contribution in [0.2, 0.25) is 0 Å². The van der Waals surface area contributed by atoms with E-state index in [0.717, 1.165) is 11.8 Å². The van der Waals surface area contributed by atoms with Crippen molar-refractivity contribution in [1.29, 1.82) is 0 Å². The minimum Gasteiger partial charge on any atom is -0.0856 e. The van der Waals surface area contributed by atoms with Crippen molar-refractivity contribution in [3.05, 3.63) is 34.9 Å². The van der Waals surface area contributed by atoms with Crippen LogP contribution in [0.25, 0.3) is 0 Å². The van der Waals surface area contributed by atoms with Crippen LogP contribution in [0.5, 0.6) is 0 Å². The molecule has 122 valence electrons. The van der Waals surface area contributed by atoms with Gasteiger partial charge >= 0.3 is 0 Å². The molecule has 0 fully saturated rings. The third-order valence-corrected chi connectivity index (χ3v) is 3.60. The molecule has 0 aromatic heterocycles. The zero-order valence-electron chi connectivity index (χ0n) is 15.6. The van der Waals surface area contributed by atoms with Crippen molar-refractivity contribution >= 4 is 0 Å². The lowest BCUT2D eigenvalue weighted by Crippen LogP contribution is -1.94. The molecule has 0 aliphatic carbocycles. The minimum atomic E-state index is 0.770. The number of rotatable bonds is 10. The van der Waals surface area contributed by atoms with E-state index in [1.165, 1.54) is 44.1 Å². The Hall–Kier alpha value is -0.780. The monoisotopic (exact) mass is 290 g/mol. The Kier molecular flexibility index (Phi) is 11.4. The van der Waals surface area contributed by atoms with E-state index in [0.29, 0.717) is 0 Å². The Morgan fingerprint density at radius 1 is 0.762 bits per heavy atom. The summed E-state index contributed by atoms with van der Waals surface area (Å²) in [6.45, 7) is 15.9. The van der Waals surface area contributed by atoms with Gasteiger partial charge in [-0.2, -0.15) is 0 Å². The molecule has 0 saturated carbocycles. The van der Waals surface area contributed by atoms with Gasteiger partial charge in [-0.15, -0.1) is 0 Å². The summed E-state index contributed by atoms with van der Waals surface area (Å²) in [6.07, 6.45) is 14.6. The summed E-state index contributed by atoms with van der Waals surface area (Å²) in [7, 11) is 0. The van der Waals surface area contributed by atoms with Crippen LogP contribution in [0.15, 0.2) is 34.9 Å². The second kappa shape index (κ2) is 11.8. The molecule has 0 amide bonds. The Morgan fingerprint density at radius 3 is 1.90 bits per heavy atom. The smallest absolute Gasteiger partial charge is 0.0285 e. The highest BCUT2D eigenvalue weighted by molar-refractivity contribution is 5.07. The molecule has 0 bridgehead atoms. The fourth-order valence-corrected chi connectivity index (χ4v) is 2.41. The van der Waals surface area contributed by atoms with Crippen molar-refractivity contribution in [2.45, 2.75) is 87.0 Å². The van der Waals surface area contributed by atoms with Crippen molar-refractivity contribution in [3.8, 4) is 0 Å². The first kappa shape index (κ1) is 20.2. The molecule has 0 aromatic carbocycles. The predicted octanol–water partition coefficient (Wildman–Crippen LogP) is 7.48. The Balaban J connectivity index is 4.27. The lowest BCUT2D eigenvalue weighted by Gasteiger charge is -2.11. The maximum absolute atomic E-state index is 2.50. The zero-order chi connectivity index (χ0) is 16.3. The van der Waals surface area contributed by atoms with Gasteiger partial charge in [-0.05, 0) is 71.1 Å². The van der Waals surface area contributed by atoms with Crippen LogP contribution in [-0.2, 0) is 0 Å². The first-order valence-corrected chi connectivity index (χ1v) is 8.78. The van der Waals surface area contributed by atoms with E-state index in [4.69, 9.17) is 0 Å². The van der Waals surface area contributed by atoms with Crippen molar-refractivity contribution in [3.63, 3.8) is 0 Å². The molecule has 0 nitrogen and oxygen atoms in total. The third-order valence-electron chi connectivity index (χ3n) is 3.60. The van der Waals surface area contributed by atoms with Gasteiger partial charge < -0.3 is 0 Å². The third kappa shape index (κ3) is 13.9. The summed E-state index contributed by atoms with van der Waals surface area (Å²) in [5.74, 6) is 1.54. The second-order valence-electron chi connectivity index (χ2n) is 7.50. The Morgan fingerprint density at radius 2 is 1.38 bits per heavy atom. The van der Waals surface area contributed by atoms with Gasteiger partial charge in [-0.25, -0.2) is 0 Å². The molecule has 0 rings (SSSR count). The highest BCUT2D eigenvalue weighted by Crippen LogP contribution is 2.19. The van der Waals surface area contributed by atoms with Crippen LogP contribution in [0.3, 0.4) is 0 Å². The molecule has 0 heterocycles. The van der Waals surface area contributed by atoms with E-state index in [1.54, 1.807) is 11.1 Å². The molecule has 0 spiro atoms. The zero-order valence-corrected chi connectivity index (χ0v) is 15.6. The first-order valence-electron chi connectivity index (χ1n) is 8.78. The summed E-state index contributed by atoms with van der Waals surface area (Å²) in [6, 6.07) is 0. The van der Waals surface area contributed by atoms with Crippen molar-refractivity contribution in [2.24, 2.45) is 11.8 Å². The van der Waals surface area contributed by atoms with Gasteiger partial charge in [0, 0.05) is 0 Å². The topological polar surface area (TPSA) is 0 Å². The van der Waals surface area contributed by atoms with E-state index >= 15 is 0 Å². The molecule has 0 atom stereocenters. The highest BCUT2D eigenvalue weighted by Gasteiger charge is 2.02. The fourth-order valence-electron chi connectivity index (χ4n) is 2.41. The quantitative estimate of drug-likeness (QED) is 0.366. The second-order valence-corrected chi connectivity index (χ2v) is 7.50. The van der Waals surface area contributed by atoms with Gasteiger partial charge in [0.05, 0.1) is 0 Å². The van der Waals surface area contributed by atoms with Crippen molar-refractivity contribution in [1.82, 2.24) is 0 Å². The Labute approximate surface area is 134 Å². The van der Waals surface area contributed by atoms with Gasteiger partial charge in [0.25, 0.3) is 0 Å². The minimum absolute atomic E-state index is 0.770. The van der Waals surface area contributed by atoms with Gasteiger partial charge in [0.1, 0.15) is 0 Å². The molecule has 0 radical (unpaired) electrons. The molecular formula is C21H38. The summed E-state index contributed by atoms with van der Waals surface area (Å²) < 4.78 is 0. The van der Waals surface area contributed by atoms with Crippen LogP contribution < -0.4 is 0 Å². The fraction of sp³-hybridized carbons (Fsp3) is 0.714. The maximum Gasteiger partial charge on any atom is -0.0285 e. The molecular weight excluding hydrogens is 252 g/mol. The lowest BCUT2D eigenvalue weighted by molar-refractivity contribution is 0.609. The van der Waals surface area contributed by atoms with E-state index < -0.39 is 0 Å². The van der Waals surface area contributed by atoms with E-state index in [9.17, 15) is 0 Å². The molecule has 0 aromatic rings. The van der Waals surface area contributed by atoms with Crippen molar-refractivity contribution < 1.29 is 0 Å². The number of hydrogen-bond donors (Lipinski definition) is 0. The van der Waals surface area contributed by atoms with E-state index in [1.807, 2.05) is 0 Å². The van der Waals surface area contributed by atoms with Crippen LogP contribution in [0.4, 0.5) is 0 Å². The molecule has 0 unspecified atom stereocenters. The van der Waals surface area contributed by atoms with Gasteiger partial charge in [-0.1, -0.05) is 62.6 Å². The van der Waals surface area contributed by atoms with Crippen LogP contribution in [0.1, 0.15) is 87.0 Å². The summed E-state index contributed by atoms with van der Waals surface area (Å²) in [5, 5.41) is 0. The summed E-state index contributed by atoms with van der Waals surface area (Å²) in [4.78, 5) is 0. The first-order chi connectivity index (χ1) is 9.81. The highest BCUT2D eigenvalue weighted by atomic mass is 14.1. The normalized spacial score (nSPS) is 13.2. The Bertz CT molecular complexity index is 346. The molecule has 0 N–H and O–H groups in total. The van der Waals surface area contributed by atoms with Crippen LogP contribution in [0, 0.1) is 11.8 Å². The van der Waals surface area contributed by atoms with Gasteiger partial charge in [-0.3, -0.25) is 0 Å². The maximum atomic E-state index is 2.50. The average Bonchev–Trinajstić information content (AvgIpc) is 2.34. The number of hydrogen-bond acceptors (Lipinski definition) is 0. The van der Waals surface area contributed by atoms with E-state index in [2.05, 4.69) is 66.7 Å². The van der Waals surface area contributed by atoms with E-state index in [-0.39, 0.29) is 0 Å². The van der Waals surface area contributed by atoms with Gasteiger partial charge in [0.15, 0.2) is 0 Å². The molecule has 0 saturated heterocycles. The number of allylic oxidation sites excluding steroid dienone is 6. The molecule has 21 heavy (non-hydrogen) atoms. The molecule has 0 aliphatic heterocycles. The SMILES string of the molecule is CC(C)=CCC/C(C)=C/CC/C(=C/CC(C)C)CC(C)C. The van der Waals surface area contributed by atoms with Crippen LogP contribution in [-0.4, -0.2) is 0 Å². The molecule has 0 heteroatoms. The molecule has 0 aliphatic rings.